The van der Waals surface area contributed by atoms with Crippen LogP contribution in [-0.4, -0.2) is 23.3 Å². The van der Waals surface area contributed by atoms with E-state index in [1.165, 1.54) is 28.2 Å². The first-order chi connectivity index (χ1) is 16.5. The van der Waals surface area contributed by atoms with Gasteiger partial charge in [-0.25, -0.2) is 12.4 Å². The molecule has 0 radical (unpaired) electrons. The normalized spacial score (nSPS) is 11.1. The van der Waals surface area contributed by atoms with E-state index in [2.05, 4.69) is 10.3 Å². The first-order valence-corrected chi connectivity index (χ1v) is 12.2. The third kappa shape index (κ3) is 4.82. The lowest BCUT2D eigenvalue weighted by atomic mass is 10.1. The molecule has 0 spiro atoms. The molecule has 0 saturated carbocycles. The van der Waals surface area contributed by atoms with Gasteiger partial charge in [0.05, 0.1) is 22.7 Å². The second-order valence-electron chi connectivity index (χ2n) is 7.75. The van der Waals surface area contributed by atoms with Crippen LogP contribution in [0.2, 0.25) is 0 Å². The van der Waals surface area contributed by atoms with Gasteiger partial charge >= 0.3 is 0 Å². The van der Waals surface area contributed by atoms with Crippen LogP contribution < -0.4 is 5.32 Å². The van der Waals surface area contributed by atoms with Crippen molar-refractivity contribution in [1.29, 1.82) is 0 Å². The van der Waals surface area contributed by atoms with Gasteiger partial charge in [-0.15, -0.1) is 12.4 Å². The standard InChI is InChI=1S/C27H21N3O3S.ClH/c31-27(29-18-22-10-6-7-17-28-22)21-13-15-23(16-14-21)34(32,33)30-19-25(20-8-2-1-3-9-20)24-11-4-5-12-26(24)30;/h1-17,19H,18H2,(H,29,31);1H. The number of nitrogens with one attached hydrogen (secondary N) is 1. The molecule has 0 aliphatic heterocycles. The summed E-state index contributed by atoms with van der Waals surface area (Å²) in [5, 5.41) is 3.64. The summed E-state index contributed by atoms with van der Waals surface area (Å²) in [6.07, 6.45) is 3.32. The zero-order chi connectivity index (χ0) is 23.5. The summed E-state index contributed by atoms with van der Waals surface area (Å²) in [5.41, 5.74) is 3.48. The van der Waals surface area contributed by atoms with Crippen molar-refractivity contribution in [2.75, 3.05) is 0 Å². The Morgan fingerprint density at radius 3 is 2.23 bits per heavy atom. The third-order valence-electron chi connectivity index (χ3n) is 5.59. The number of nitrogens with zero attached hydrogens (tertiary/aromatic N) is 2. The van der Waals surface area contributed by atoms with Crippen molar-refractivity contribution >= 4 is 39.2 Å². The molecule has 2 heterocycles. The van der Waals surface area contributed by atoms with Gasteiger partial charge in [0.15, 0.2) is 0 Å². The Kier molecular flexibility index (Phi) is 7.00. The molecule has 0 bridgehead atoms. The molecule has 0 unspecified atom stereocenters. The maximum Gasteiger partial charge on any atom is 0.268 e. The molecule has 3 aromatic carbocycles. The largest absolute Gasteiger partial charge is 0.346 e. The molecular weight excluding hydrogens is 482 g/mol. The van der Waals surface area contributed by atoms with E-state index in [4.69, 9.17) is 0 Å². The quantitative estimate of drug-likeness (QED) is 0.341. The molecule has 0 aliphatic carbocycles. The van der Waals surface area contributed by atoms with Gasteiger partial charge in [-0.05, 0) is 48.0 Å². The number of fused-ring (bicyclic) bond motifs is 1. The minimum Gasteiger partial charge on any atom is -0.346 e. The van der Waals surface area contributed by atoms with Gasteiger partial charge in [0, 0.05) is 28.9 Å². The molecule has 0 aliphatic rings. The van der Waals surface area contributed by atoms with Crippen LogP contribution in [-0.2, 0) is 16.6 Å². The number of benzene rings is 3. The summed E-state index contributed by atoms with van der Waals surface area (Å²) < 4.78 is 28.4. The summed E-state index contributed by atoms with van der Waals surface area (Å²) in [4.78, 5) is 16.8. The van der Waals surface area contributed by atoms with Gasteiger partial charge in [0.1, 0.15) is 0 Å². The molecule has 5 aromatic rings. The van der Waals surface area contributed by atoms with E-state index in [9.17, 15) is 13.2 Å². The number of carbonyl (C=O) groups excluding carboxylic acids is 1. The summed E-state index contributed by atoms with van der Waals surface area (Å²) in [5.74, 6) is -0.299. The Hall–Kier alpha value is -3.94. The van der Waals surface area contributed by atoms with E-state index in [1.54, 1.807) is 24.5 Å². The van der Waals surface area contributed by atoms with Crippen LogP contribution in [0.5, 0.6) is 0 Å². The molecule has 1 N–H and O–H groups in total. The predicted molar refractivity (Wildman–Crippen MR) is 139 cm³/mol. The van der Waals surface area contributed by atoms with E-state index in [-0.39, 0.29) is 29.8 Å². The number of aromatic nitrogens is 2. The number of hydrogen-bond donors (Lipinski definition) is 1. The van der Waals surface area contributed by atoms with Crippen molar-refractivity contribution in [3.8, 4) is 11.1 Å². The maximum absolute atomic E-state index is 13.5. The van der Waals surface area contributed by atoms with Crippen molar-refractivity contribution in [3.05, 3.63) is 121 Å². The van der Waals surface area contributed by atoms with Crippen molar-refractivity contribution in [2.45, 2.75) is 11.4 Å². The molecule has 0 saturated heterocycles. The Bertz CT molecular complexity index is 1570. The van der Waals surface area contributed by atoms with Crippen molar-refractivity contribution in [3.63, 3.8) is 0 Å². The number of para-hydroxylation sites is 1. The first kappa shape index (κ1) is 24.2. The third-order valence-corrected chi connectivity index (χ3v) is 7.28. The molecule has 8 heteroatoms. The van der Waals surface area contributed by atoms with E-state index in [1.807, 2.05) is 60.7 Å². The van der Waals surface area contributed by atoms with Crippen LogP contribution >= 0.6 is 12.4 Å². The van der Waals surface area contributed by atoms with E-state index in [0.29, 0.717) is 11.1 Å². The minimum absolute atomic E-state index is 0. The second kappa shape index (κ2) is 10.1. The van der Waals surface area contributed by atoms with Crippen LogP contribution in [0.4, 0.5) is 0 Å². The molecule has 0 atom stereocenters. The lowest BCUT2D eigenvalue weighted by molar-refractivity contribution is 0.0950. The highest BCUT2D eigenvalue weighted by Gasteiger charge is 2.22. The Balaban J connectivity index is 0.00000289. The molecule has 2 aromatic heterocycles. The van der Waals surface area contributed by atoms with Gasteiger partial charge in [0.2, 0.25) is 0 Å². The summed E-state index contributed by atoms with van der Waals surface area (Å²) in [6.45, 7) is 0.289. The zero-order valence-corrected chi connectivity index (χ0v) is 20.2. The number of carbonyl (C=O) groups is 1. The van der Waals surface area contributed by atoms with E-state index >= 15 is 0 Å². The highest BCUT2D eigenvalue weighted by atomic mass is 35.5. The fourth-order valence-electron chi connectivity index (χ4n) is 3.86. The van der Waals surface area contributed by atoms with Crippen molar-refractivity contribution in [1.82, 2.24) is 14.3 Å². The fourth-order valence-corrected chi connectivity index (χ4v) is 5.23. The molecule has 1 amide bonds. The molecule has 6 nitrogen and oxygen atoms in total. The maximum atomic E-state index is 13.5. The average molecular weight is 504 g/mol. The van der Waals surface area contributed by atoms with Gasteiger partial charge < -0.3 is 5.32 Å². The highest BCUT2D eigenvalue weighted by molar-refractivity contribution is 7.90. The van der Waals surface area contributed by atoms with Crippen molar-refractivity contribution in [2.24, 2.45) is 0 Å². The topological polar surface area (TPSA) is 81.1 Å². The number of rotatable bonds is 6. The molecular formula is C27H22ClN3O3S. The Morgan fingerprint density at radius 1 is 0.829 bits per heavy atom. The zero-order valence-electron chi connectivity index (χ0n) is 18.5. The van der Waals surface area contributed by atoms with Gasteiger partial charge in [-0.3, -0.25) is 9.78 Å². The van der Waals surface area contributed by atoms with Gasteiger partial charge in [0.25, 0.3) is 15.9 Å². The smallest absolute Gasteiger partial charge is 0.268 e. The van der Waals surface area contributed by atoms with Crippen LogP contribution in [0.3, 0.4) is 0 Å². The van der Waals surface area contributed by atoms with Crippen LogP contribution in [0.1, 0.15) is 16.1 Å². The number of pyridine rings is 1. The monoisotopic (exact) mass is 503 g/mol. The Labute approximate surface area is 209 Å². The summed E-state index contributed by atoms with van der Waals surface area (Å²) in [7, 11) is -3.88. The summed E-state index contributed by atoms with van der Waals surface area (Å²) >= 11 is 0. The van der Waals surface area contributed by atoms with E-state index < -0.39 is 10.0 Å². The van der Waals surface area contributed by atoms with Gasteiger partial charge in [-0.1, -0.05) is 54.6 Å². The van der Waals surface area contributed by atoms with Gasteiger partial charge in [-0.2, -0.15) is 0 Å². The lowest BCUT2D eigenvalue weighted by Crippen LogP contribution is -2.23. The number of amides is 1. The fraction of sp³-hybridized carbons (Fsp3) is 0.0370. The van der Waals surface area contributed by atoms with Crippen molar-refractivity contribution < 1.29 is 13.2 Å². The van der Waals surface area contributed by atoms with Crippen LogP contribution in [0.15, 0.2) is 114 Å². The lowest BCUT2D eigenvalue weighted by Gasteiger charge is -2.09. The first-order valence-electron chi connectivity index (χ1n) is 10.7. The predicted octanol–water partition coefficient (Wildman–Crippen LogP) is 5.29. The highest BCUT2D eigenvalue weighted by Crippen LogP contribution is 2.32. The number of hydrogen-bond acceptors (Lipinski definition) is 4. The average Bonchev–Trinajstić information content (AvgIpc) is 3.29. The summed E-state index contributed by atoms with van der Waals surface area (Å²) in [6, 6.07) is 28.5. The van der Waals surface area contributed by atoms with E-state index in [0.717, 1.165) is 22.2 Å². The molecule has 0 fully saturated rings. The molecule has 176 valence electrons. The SMILES string of the molecule is Cl.O=C(NCc1ccccn1)c1ccc(S(=O)(=O)n2cc(-c3ccccc3)c3ccccc32)cc1. The number of halogens is 1. The van der Waals surface area contributed by atoms with Crippen LogP contribution in [0.25, 0.3) is 22.0 Å². The minimum atomic E-state index is -3.88. The molecule has 5 rings (SSSR count). The second-order valence-corrected chi connectivity index (χ2v) is 9.57. The molecule has 35 heavy (non-hydrogen) atoms. The Morgan fingerprint density at radius 2 is 1.51 bits per heavy atom. The van der Waals surface area contributed by atoms with Crippen LogP contribution in [0, 0.1) is 0 Å².